The van der Waals surface area contributed by atoms with Crippen LogP contribution < -0.4 is 5.32 Å². The number of nitrogens with one attached hydrogen (secondary N) is 1. The first-order valence-corrected chi connectivity index (χ1v) is 6.38. The van der Waals surface area contributed by atoms with Gasteiger partial charge in [0.1, 0.15) is 6.04 Å². The van der Waals surface area contributed by atoms with E-state index in [9.17, 15) is 9.59 Å². The summed E-state index contributed by atoms with van der Waals surface area (Å²) in [5, 5.41) is 3.08. The van der Waals surface area contributed by atoms with E-state index < -0.39 is 0 Å². The molecule has 16 heavy (non-hydrogen) atoms. The van der Waals surface area contributed by atoms with Crippen molar-refractivity contribution in [3.05, 3.63) is 0 Å². The van der Waals surface area contributed by atoms with Crippen molar-refractivity contribution in [2.45, 2.75) is 50.6 Å². The SMILES string of the molecule is O=C1N[C@@H]2CCCC[C@H]2C(=O)N2CCC[C@@H]12. The minimum atomic E-state index is -0.168. The first-order chi connectivity index (χ1) is 7.77. The van der Waals surface area contributed by atoms with E-state index in [1.165, 1.54) is 0 Å². The Bertz CT molecular complexity index is 329. The summed E-state index contributed by atoms with van der Waals surface area (Å²) >= 11 is 0. The van der Waals surface area contributed by atoms with Crippen molar-refractivity contribution in [2.75, 3.05) is 6.54 Å². The summed E-state index contributed by atoms with van der Waals surface area (Å²) in [6, 6.07) is -0.0579. The number of fused-ring (bicyclic) bond motifs is 2. The Balaban J connectivity index is 1.90. The van der Waals surface area contributed by atoms with Crippen molar-refractivity contribution in [2.24, 2.45) is 5.92 Å². The first kappa shape index (κ1) is 10.1. The smallest absolute Gasteiger partial charge is 0.243 e. The molecule has 0 aromatic rings. The van der Waals surface area contributed by atoms with E-state index in [1.54, 1.807) is 0 Å². The highest BCUT2D eigenvalue weighted by Gasteiger charge is 2.44. The zero-order valence-corrected chi connectivity index (χ0v) is 9.45. The molecule has 2 heterocycles. The van der Waals surface area contributed by atoms with Crippen molar-refractivity contribution in [3.63, 3.8) is 0 Å². The molecule has 0 aromatic carbocycles. The fourth-order valence-electron chi connectivity index (χ4n) is 3.39. The molecule has 4 nitrogen and oxygen atoms in total. The Hall–Kier alpha value is -1.06. The Labute approximate surface area is 95.4 Å². The number of carbonyl (C=O) groups excluding carboxylic acids is 2. The highest BCUT2D eigenvalue weighted by molar-refractivity contribution is 5.92. The monoisotopic (exact) mass is 222 g/mol. The molecule has 1 saturated carbocycles. The van der Waals surface area contributed by atoms with Crippen LogP contribution in [0.3, 0.4) is 0 Å². The average molecular weight is 222 g/mol. The first-order valence-electron chi connectivity index (χ1n) is 6.38. The molecule has 4 heteroatoms. The third-order valence-corrected chi connectivity index (χ3v) is 4.25. The second kappa shape index (κ2) is 3.75. The molecule has 3 rings (SSSR count). The molecule has 0 bridgehead atoms. The molecule has 2 aliphatic heterocycles. The normalized spacial score (nSPS) is 38.8. The lowest BCUT2D eigenvalue weighted by Gasteiger charge is -2.30. The summed E-state index contributed by atoms with van der Waals surface area (Å²) in [6.45, 7) is 0.778. The highest BCUT2D eigenvalue weighted by atomic mass is 16.2. The van der Waals surface area contributed by atoms with Crippen molar-refractivity contribution < 1.29 is 9.59 Å². The summed E-state index contributed by atoms with van der Waals surface area (Å²) in [7, 11) is 0. The molecular formula is C12H18N2O2. The molecule has 1 N–H and O–H groups in total. The quantitative estimate of drug-likeness (QED) is 0.655. The van der Waals surface area contributed by atoms with Gasteiger partial charge in [0.15, 0.2) is 0 Å². The van der Waals surface area contributed by atoms with Crippen LogP contribution in [0.15, 0.2) is 0 Å². The minimum Gasteiger partial charge on any atom is -0.351 e. The van der Waals surface area contributed by atoms with Gasteiger partial charge in [-0.1, -0.05) is 12.8 Å². The largest absolute Gasteiger partial charge is 0.351 e. The fourth-order valence-corrected chi connectivity index (χ4v) is 3.39. The Morgan fingerprint density at radius 1 is 1.06 bits per heavy atom. The van der Waals surface area contributed by atoms with Gasteiger partial charge < -0.3 is 10.2 Å². The number of hydrogen-bond acceptors (Lipinski definition) is 2. The van der Waals surface area contributed by atoms with Crippen LogP contribution in [0.25, 0.3) is 0 Å². The van der Waals surface area contributed by atoms with Gasteiger partial charge in [0.25, 0.3) is 0 Å². The van der Waals surface area contributed by atoms with Gasteiger partial charge in [-0.2, -0.15) is 0 Å². The standard InChI is InChI=1S/C12H18N2O2/c15-11-10-6-3-7-14(10)12(16)8-4-1-2-5-9(8)13-11/h8-10H,1-7H2,(H,13,15)/t8-,9-,10+/m1/s1. The van der Waals surface area contributed by atoms with Gasteiger partial charge in [0.2, 0.25) is 11.8 Å². The summed E-state index contributed by atoms with van der Waals surface area (Å²) in [4.78, 5) is 26.2. The maximum Gasteiger partial charge on any atom is 0.243 e. The van der Waals surface area contributed by atoms with Crippen LogP contribution in [-0.2, 0) is 9.59 Å². The summed E-state index contributed by atoms with van der Waals surface area (Å²) in [5.41, 5.74) is 0. The molecule has 0 aromatic heterocycles. The highest BCUT2D eigenvalue weighted by Crippen LogP contribution is 2.32. The van der Waals surface area contributed by atoms with Crippen molar-refractivity contribution in [1.29, 1.82) is 0 Å². The molecular weight excluding hydrogens is 204 g/mol. The van der Waals surface area contributed by atoms with Gasteiger partial charge in [0.05, 0.1) is 5.92 Å². The van der Waals surface area contributed by atoms with Gasteiger partial charge in [-0.05, 0) is 25.7 Å². The molecule has 3 aliphatic rings. The van der Waals surface area contributed by atoms with Crippen LogP contribution in [0.5, 0.6) is 0 Å². The van der Waals surface area contributed by atoms with E-state index >= 15 is 0 Å². The van der Waals surface area contributed by atoms with E-state index in [2.05, 4.69) is 5.32 Å². The molecule has 3 atom stereocenters. The number of rotatable bonds is 0. The van der Waals surface area contributed by atoms with E-state index in [1.807, 2.05) is 4.90 Å². The zero-order valence-electron chi connectivity index (χ0n) is 9.45. The van der Waals surface area contributed by atoms with Gasteiger partial charge >= 0.3 is 0 Å². The predicted octanol–water partition coefficient (Wildman–Crippen LogP) is 0.666. The molecule has 2 saturated heterocycles. The molecule has 1 aliphatic carbocycles. The Morgan fingerprint density at radius 3 is 2.75 bits per heavy atom. The Morgan fingerprint density at radius 2 is 1.88 bits per heavy atom. The fraction of sp³-hybridized carbons (Fsp3) is 0.833. The molecule has 0 unspecified atom stereocenters. The van der Waals surface area contributed by atoms with Crippen molar-refractivity contribution in [1.82, 2.24) is 10.2 Å². The number of amides is 2. The van der Waals surface area contributed by atoms with E-state index in [4.69, 9.17) is 0 Å². The lowest BCUT2D eigenvalue weighted by molar-refractivity contribution is -0.139. The Kier molecular flexibility index (Phi) is 2.37. The molecule has 2 amide bonds. The van der Waals surface area contributed by atoms with Crippen LogP contribution in [0.4, 0.5) is 0 Å². The van der Waals surface area contributed by atoms with Crippen LogP contribution in [0.2, 0.25) is 0 Å². The van der Waals surface area contributed by atoms with Crippen LogP contribution >= 0.6 is 0 Å². The van der Waals surface area contributed by atoms with Crippen LogP contribution in [-0.4, -0.2) is 35.3 Å². The molecule has 88 valence electrons. The van der Waals surface area contributed by atoms with E-state index in [-0.39, 0.29) is 29.8 Å². The van der Waals surface area contributed by atoms with Crippen molar-refractivity contribution >= 4 is 11.8 Å². The van der Waals surface area contributed by atoms with Crippen molar-refractivity contribution in [3.8, 4) is 0 Å². The maximum atomic E-state index is 12.3. The number of hydrogen-bond donors (Lipinski definition) is 1. The topological polar surface area (TPSA) is 49.4 Å². The van der Waals surface area contributed by atoms with Crippen LogP contribution in [0, 0.1) is 5.92 Å². The molecule has 3 fully saturated rings. The van der Waals surface area contributed by atoms with E-state index in [0.717, 1.165) is 45.1 Å². The lowest BCUT2D eigenvalue weighted by atomic mass is 9.84. The summed E-state index contributed by atoms with van der Waals surface area (Å²) in [5.74, 6) is 0.367. The second-order valence-corrected chi connectivity index (χ2v) is 5.20. The molecule has 0 spiro atoms. The molecule has 0 radical (unpaired) electrons. The lowest BCUT2D eigenvalue weighted by Crippen LogP contribution is -2.43. The van der Waals surface area contributed by atoms with Gasteiger partial charge in [0, 0.05) is 12.6 Å². The zero-order chi connectivity index (χ0) is 11.1. The number of nitrogens with zero attached hydrogens (tertiary/aromatic N) is 1. The predicted molar refractivity (Wildman–Crippen MR) is 58.6 cm³/mol. The summed E-state index contributed by atoms with van der Waals surface area (Å²) < 4.78 is 0. The van der Waals surface area contributed by atoms with Gasteiger partial charge in [-0.3, -0.25) is 9.59 Å². The number of carbonyl (C=O) groups is 2. The van der Waals surface area contributed by atoms with Gasteiger partial charge in [-0.25, -0.2) is 0 Å². The second-order valence-electron chi connectivity index (χ2n) is 5.20. The van der Waals surface area contributed by atoms with Crippen LogP contribution in [0.1, 0.15) is 38.5 Å². The van der Waals surface area contributed by atoms with Gasteiger partial charge in [-0.15, -0.1) is 0 Å². The third-order valence-electron chi connectivity index (χ3n) is 4.25. The summed E-state index contributed by atoms with van der Waals surface area (Å²) in [6.07, 6.45) is 6.01. The minimum absolute atomic E-state index is 0.0563. The third kappa shape index (κ3) is 1.43. The maximum absolute atomic E-state index is 12.3. The average Bonchev–Trinajstić information content (AvgIpc) is 2.74. The van der Waals surface area contributed by atoms with E-state index in [0.29, 0.717) is 0 Å².